The SMILES string of the molecule is Cc1boc2cccc(N)c12. The molecule has 0 saturated carbocycles. The van der Waals surface area contributed by atoms with E-state index in [0.717, 1.165) is 22.1 Å². The molecular weight excluding hydrogens is 137 g/mol. The number of aryl methyl sites for hydroxylation is 1. The van der Waals surface area contributed by atoms with Gasteiger partial charge in [0.25, 0.3) is 0 Å². The second-order valence-corrected chi connectivity index (χ2v) is 2.64. The first-order chi connectivity index (χ1) is 5.29. The summed E-state index contributed by atoms with van der Waals surface area (Å²) in [5.41, 5.74) is 8.49. The molecule has 0 atom stereocenters. The Morgan fingerprint density at radius 1 is 1.45 bits per heavy atom. The molecule has 0 amide bonds. The Balaban J connectivity index is 2.96. The Morgan fingerprint density at radius 3 is 3.00 bits per heavy atom. The van der Waals surface area contributed by atoms with Gasteiger partial charge in [-0.15, -0.1) is 0 Å². The molecule has 0 aliphatic carbocycles. The molecule has 54 valence electrons. The number of benzene rings is 1. The van der Waals surface area contributed by atoms with Crippen LogP contribution in [0.2, 0.25) is 0 Å². The van der Waals surface area contributed by atoms with Gasteiger partial charge in [-0.2, -0.15) is 0 Å². The number of nitrogen functional groups attached to an aromatic ring is 1. The van der Waals surface area contributed by atoms with Crippen molar-refractivity contribution in [3.63, 3.8) is 0 Å². The van der Waals surface area contributed by atoms with Gasteiger partial charge in [0.15, 0.2) is 0 Å². The molecule has 0 spiro atoms. The molecule has 11 heavy (non-hydrogen) atoms. The van der Waals surface area contributed by atoms with E-state index < -0.39 is 0 Å². The summed E-state index contributed by atoms with van der Waals surface area (Å²) in [4.78, 5) is 0. The number of hydrogen-bond acceptors (Lipinski definition) is 2. The molecule has 1 heterocycles. The van der Waals surface area contributed by atoms with Crippen LogP contribution in [0.15, 0.2) is 22.5 Å². The predicted octanol–water partition coefficient (Wildman–Crippen LogP) is 1.66. The molecule has 0 aliphatic heterocycles. The molecule has 2 aromatic rings. The van der Waals surface area contributed by atoms with Crippen molar-refractivity contribution in [2.75, 3.05) is 5.73 Å². The van der Waals surface area contributed by atoms with Gasteiger partial charge in [-0.3, -0.25) is 0 Å². The zero-order chi connectivity index (χ0) is 7.84. The molecule has 1 aromatic heterocycles. The van der Waals surface area contributed by atoms with Crippen molar-refractivity contribution in [3.8, 4) is 0 Å². The molecule has 0 fully saturated rings. The first kappa shape index (κ1) is 6.46. The summed E-state index contributed by atoms with van der Waals surface area (Å²) in [7, 11) is 1.72. The molecule has 2 nitrogen and oxygen atoms in total. The molecule has 2 N–H and O–H groups in total. The number of fused-ring (bicyclic) bond motifs is 1. The van der Waals surface area contributed by atoms with Crippen LogP contribution in [0.4, 0.5) is 5.69 Å². The summed E-state index contributed by atoms with van der Waals surface area (Å²) in [5.74, 6) is 0. The van der Waals surface area contributed by atoms with Crippen molar-refractivity contribution in [3.05, 3.63) is 23.7 Å². The third kappa shape index (κ3) is 0.844. The summed E-state index contributed by atoms with van der Waals surface area (Å²) in [6.45, 7) is 1.99. The van der Waals surface area contributed by atoms with E-state index in [1.165, 1.54) is 0 Å². The van der Waals surface area contributed by atoms with Crippen molar-refractivity contribution >= 4 is 23.8 Å². The quantitative estimate of drug-likeness (QED) is 0.572. The van der Waals surface area contributed by atoms with Crippen molar-refractivity contribution in [2.24, 2.45) is 0 Å². The Bertz CT molecular complexity index is 394. The second kappa shape index (κ2) is 2.12. The maximum atomic E-state index is 5.74. The first-order valence-corrected chi connectivity index (χ1v) is 3.51. The number of rotatable bonds is 0. The minimum absolute atomic E-state index is 0.786. The Labute approximate surface area is 65.2 Å². The zero-order valence-electron chi connectivity index (χ0n) is 6.29. The topological polar surface area (TPSA) is 39.2 Å². The van der Waals surface area contributed by atoms with Gasteiger partial charge in [-0.05, 0) is 0 Å². The summed E-state index contributed by atoms with van der Waals surface area (Å²) in [6.07, 6.45) is 0. The molecule has 1 aromatic carbocycles. The van der Waals surface area contributed by atoms with Gasteiger partial charge in [0.1, 0.15) is 0 Å². The third-order valence-electron chi connectivity index (χ3n) is 1.82. The zero-order valence-corrected chi connectivity index (χ0v) is 6.29. The van der Waals surface area contributed by atoms with Crippen LogP contribution in [0, 0.1) is 6.92 Å². The standard InChI is InChI=1S/C8H8BNO/c1-5-8-6(10)3-2-4-7(8)11-9-5/h2-4H,10H2,1H3. The molecule has 2 rings (SSSR count). The minimum atomic E-state index is 0.786. The van der Waals surface area contributed by atoms with Gasteiger partial charge in [-0.1, -0.05) is 0 Å². The van der Waals surface area contributed by atoms with E-state index in [4.69, 9.17) is 10.1 Å². The number of hydrogen-bond donors (Lipinski definition) is 1. The Morgan fingerprint density at radius 2 is 2.27 bits per heavy atom. The van der Waals surface area contributed by atoms with Crippen LogP contribution in [-0.4, -0.2) is 7.13 Å². The summed E-state index contributed by atoms with van der Waals surface area (Å²) in [6, 6.07) is 5.68. The summed E-state index contributed by atoms with van der Waals surface area (Å²) < 4.78 is 5.25. The Hall–Kier alpha value is -1.25. The van der Waals surface area contributed by atoms with Crippen LogP contribution in [0.25, 0.3) is 11.0 Å². The van der Waals surface area contributed by atoms with Gasteiger partial charge in [0, 0.05) is 0 Å². The van der Waals surface area contributed by atoms with E-state index >= 15 is 0 Å². The molecular formula is C8H8BNO. The Kier molecular flexibility index (Phi) is 1.25. The molecule has 0 radical (unpaired) electrons. The molecule has 0 aliphatic rings. The number of nitrogens with two attached hydrogens (primary N) is 1. The van der Waals surface area contributed by atoms with Crippen molar-refractivity contribution in [1.29, 1.82) is 0 Å². The molecule has 0 unspecified atom stereocenters. The average molecular weight is 145 g/mol. The van der Waals surface area contributed by atoms with Crippen molar-refractivity contribution in [2.45, 2.75) is 6.92 Å². The molecule has 0 saturated heterocycles. The van der Waals surface area contributed by atoms with E-state index in [1.807, 2.05) is 25.1 Å². The molecule has 3 heteroatoms. The monoisotopic (exact) mass is 145 g/mol. The predicted molar refractivity (Wildman–Crippen MR) is 46.7 cm³/mol. The van der Waals surface area contributed by atoms with Crippen LogP contribution in [-0.2, 0) is 0 Å². The fourth-order valence-electron chi connectivity index (χ4n) is 1.28. The van der Waals surface area contributed by atoms with Gasteiger partial charge in [-0.25, -0.2) is 0 Å². The van der Waals surface area contributed by atoms with Crippen molar-refractivity contribution < 1.29 is 4.33 Å². The summed E-state index contributed by atoms with van der Waals surface area (Å²) >= 11 is 0. The first-order valence-electron chi connectivity index (χ1n) is 3.51. The van der Waals surface area contributed by atoms with E-state index in [-0.39, 0.29) is 0 Å². The van der Waals surface area contributed by atoms with Crippen molar-refractivity contribution in [1.82, 2.24) is 0 Å². The van der Waals surface area contributed by atoms with Crippen LogP contribution < -0.4 is 5.73 Å². The van der Waals surface area contributed by atoms with Gasteiger partial charge in [0.2, 0.25) is 0 Å². The van der Waals surface area contributed by atoms with Gasteiger partial charge in [0.05, 0.1) is 0 Å². The van der Waals surface area contributed by atoms with Crippen LogP contribution in [0.5, 0.6) is 0 Å². The fraction of sp³-hybridized carbons (Fsp3) is 0.125. The third-order valence-corrected chi connectivity index (χ3v) is 1.82. The van der Waals surface area contributed by atoms with Crippen LogP contribution in [0.1, 0.15) is 5.46 Å². The van der Waals surface area contributed by atoms with E-state index in [9.17, 15) is 0 Å². The van der Waals surface area contributed by atoms with Crippen LogP contribution in [0.3, 0.4) is 0 Å². The molecule has 0 bridgehead atoms. The van der Waals surface area contributed by atoms with E-state index in [1.54, 1.807) is 7.13 Å². The maximum absolute atomic E-state index is 5.74. The second-order valence-electron chi connectivity index (χ2n) is 2.64. The normalized spacial score (nSPS) is 10.3. The van der Waals surface area contributed by atoms with Gasteiger partial charge < -0.3 is 0 Å². The van der Waals surface area contributed by atoms with E-state index in [0.29, 0.717) is 0 Å². The van der Waals surface area contributed by atoms with Gasteiger partial charge >= 0.3 is 64.4 Å². The average Bonchev–Trinajstić information content (AvgIpc) is 2.34. The van der Waals surface area contributed by atoms with Crippen LogP contribution >= 0.6 is 0 Å². The summed E-state index contributed by atoms with van der Waals surface area (Å²) in [5, 5.41) is 1.03. The van der Waals surface area contributed by atoms with E-state index in [2.05, 4.69) is 0 Å². The number of anilines is 1. The fourth-order valence-corrected chi connectivity index (χ4v) is 1.28.